The molecule has 0 bridgehead atoms. The number of rotatable bonds is 9. The van der Waals surface area contributed by atoms with Crippen LogP contribution < -0.4 is 25.0 Å². The number of benzene rings is 2. The van der Waals surface area contributed by atoms with Gasteiger partial charge in [0.2, 0.25) is 5.82 Å². The monoisotopic (exact) mass is 553 g/mol. The molecule has 2 unspecified atom stereocenters. The van der Waals surface area contributed by atoms with Crippen molar-refractivity contribution in [2.24, 2.45) is 5.73 Å². The molecule has 34 heavy (non-hydrogen) atoms. The van der Waals surface area contributed by atoms with Crippen molar-refractivity contribution < 1.29 is 40.3 Å². The summed E-state index contributed by atoms with van der Waals surface area (Å²) >= 11 is 0.273. The second kappa shape index (κ2) is 10.2. The Hall–Kier alpha value is -2.23. The van der Waals surface area contributed by atoms with Crippen molar-refractivity contribution in [1.29, 1.82) is 5.26 Å². The van der Waals surface area contributed by atoms with Crippen LogP contribution in [0.5, 0.6) is 11.5 Å². The maximum atomic E-state index is 14.6. The molecule has 0 fully saturated rings. The third-order valence-corrected chi connectivity index (χ3v) is 8.96. The summed E-state index contributed by atoms with van der Waals surface area (Å²) in [4.78, 5) is 10.0. The molecule has 0 radical (unpaired) electrons. The van der Waals surface area contributed by atoms with E-state index in [1.54, 1.807) is 0 Å². The van der Waals surface area contributed by atoms with Crippen LogP contribution in [-0.4, -0.2) is 32.7 Å². The third kappa shape index (κ3) is 5.53. The number of thiophene rings is 1. The molecule has 0 amide bonds. The van der Waals surface area contributed by atoms with Crippen LogP contribution in [-0.2, 0) is 14.6 Å². The van der Waals surface area contributed by atoms with Crippen molar-refractivity contribution in [2.45, 2.75) is 4.21 Å². The lowest BCUT2D eigenvalue weighted by Gasteiger charge is -2.14. The molecule has 0 spiro atoms. The summed E-state index contributed by atoms with van der Waals surface area (Å²) in [6.07, 6.45) is -1.08. The van der Waals surface area contributed by atoms with E-state index in [4.69, 9.17) is 20.3 Å². The molecule has 0 saturated carbocycles. The van der Waals surface area contributed by atoms with Crippen LogP contribution in [0.3, 0.4) is 0 Å². The van der Waals surface area contributed by atoms with Gasteiger partial charge in [-0.15, -0.1) is 20.6 Å². The molecule has 3 aromatic rings. The first-order valence-corrected chi connectivity index (χ1v) is 13.8. The number of hydrogen-bond acceptors (Lipinski definition) is 8. The maximum absolute atomic E-state index is 14.6. The number of halogens is 3. The first-order valence-electron chi connectivity index (χ1n) is 9.13. The largest absolute Gasteiger partial charge is 0.486 e. The topological polar surface area (TPSA) is 152 Å². The standard InChI is InChI=1S/C18H16F3N3O6P2S2/c19-14-11-6-13(33-18(11)16(21)17(15(14)20)29-4-3-22)34(27,28)24-8-32(25,26)30-10-2-1-9(7-23)12(31)5-10/h1-2,5-6,24H,3-4,8,22,31H2,(H,25,26). The predicted octanol–water partition coefficient (Wildman–Crippen LogP) is 2.53. The van der Waals surface area contributed by atoms with E-state index in [9.17, 15) is 31.0 Å². The highest BCUT2D eigenvalue weighted by Gasteiger charge is 2.30. The fourth-order valence-corrected chi connectivity index (χ4v) is 6.93. The summed E-state index contributed by atoms with van der Waals surface area (Å²) in [7, 11) is -6.88. The number of ether oxygens (including phenoxy) is 1. The lowest BCUT2D eigenvalue weighted by Crippen LogP contribution is -2.25. The van der Waals surface area contributed by atoms with Crippen LogP contribution in [0.15, 0.2) is 28.5 Å². The van der Waals surface area contributed by atoms with Crippen LogP contribution >= 0.6 is 28.2 Å². The van der Waals surface area contributed by atoms with Gasteiger partial charge in [0, 0.05) is 11.9 Å². The number of sulfonamides is 1. The Kier molecular flexibility index (Phi) is 7.89. The van der Waals surface area contributed by atoms with Gasteiger partial charge < -0.3 is 19.9 Å². The maximum Gasteiger partial charge on any atom is 0.391 e. The molecule has 1 aromatic heterocycles. The van der Waals surface area contributed by atoms with Gasteiger partial charge in [-0.3, -0.25) is 0 Å². The Morgan fingerprint density at radius 1 is 1.24 bits per heavy atom. The summed E-state index contributed by atoms with van der Waals surface area (Å²) in [5.74, 6) is -5.60. The summed E-state index contributed by atoms with van der Waals surface area (Å²) in [5.41, 5.74) is 5.49. The van der Waals surface area contributed by atoms with E-state index in [0.29, 0.717) is 11.4 Å². The molecule has 2 atom stereocenters. The van der Waals surface area contributed by atoms with Gasteiger partial charge in [-0.05, 0) is 29.6 Å². The molecule has 0 aliphatic carbocycles. The molecule has 16 heteroatoms. The van der Waals surface area contributed by atoms with Crippen molar-refractivity contribution in [3.8, 4) is 17.6 Å². The quantitative estimate of drug-likeness (QED) is 0.270. The molecule has 0 saturated heterocycles. The van der Waals surface area contributed by atoms with Gasteiger partial charge in [0.15, 0.2) is 17.4 Å². The van der Waals surface area contributed by atoms with E-state index in [2.05, 4.69) is 9.24 Å². The normalized spacial score (nSPS) is 13.4. The van der Waals surface area contributed by atoms with E-state index >= 15 is 0 Å². The third-order valence-electron chi connectivity index (χ3n) is 4.21. The molecule has 3 rings (SSSR count). The molecule has 4 N–H and O–H groups in total. The zero-order valence-corrected chi connectivity index (χ0v) is 20.6. The van der Waals surface area contributed by atoms with E-state index in [0.717, 1.165) is 0 Å². The second-order valence-corrected chi connectivity index (χ2v) is 12.1. The van der Waals surface area contributed by atoms with Gasteiger partial charge in [-0.1, -0.05) is 0 Å². The van der Waals surface area contributed by atoms with Gasteiger partial charge >= 0.3 is 7.60 Å². The van der Waals surface area contributed by atoms with Gasteiger partial charge in [0.25, 0.3) is 10.0 Å². The SMILES string of the molecule is N#Cc1ccc(OP(=O)(O)CNS(=O)(=O)c2cc3c(F)c(F)c(OCCN)c(F)c3s2)cc1P. The Balaban J connectivity index is 1.84. The van der Waals surface area contributed by atoms with Crippen molar-refractivity contribution in [2.75, 3.05) is 19.4 Å². The van der Waals surface area contributed by atoms with Crippen LogP contribution in [0.25, 0.3) is 10.1 Å². The highest BCUT2D eigenvalue weighted by Crippen LogP contribution is 2.43. The minimum atomic E-state index is -4.57. The fraction of sp³-hybridized carbons (Fsp3) is 0.167. The lowest BCUT2D eigenvalue weighted by atomic mass is 10.2. The lowest BCUT2D eigenvalue weighted by molar-refractivity contribution is 0.289. The van der Waals surface area contributed by atoms with E-state index in [1.165, 1.54) is 18.2 Å². The first-order chi connectivity index (χ1) is 15.9. The number of hydrogen-bond donors (Lipinski definition) is 3. The van der Waals surface area contributed by atoms with Gasteiger partial charge in [-0.25, -0.2) is 21.8 Å². The number of nitrogens with two attached hydrogens (primary N) is 1. The van der Waals surface area contributed by atoms with Crippen molar-refractivity contribution in [3.63, 3.8) is 0 Å². The van der Waals surface area contributed by atoms with Crippen LogP contribution in [0.2, 0.25) is 0 Å². The van der Waals surface area contributed by atoms with E-state index < -0.39 is 61.4 Å². The first kappa shape index (κ1) is 26.4. The van der Waals surface area contributed by atoms with E-state index in [-0.39, 0.29) is 35.8 Å². The molecule has 1 heterocycles. The van der Waals surface area contributed by atoms with Crippen molar-refractivity contribution >= 4 is 53.6 Å². The highest BCUT2D eigenvalue weighted by molar-refractivity contribution is 7.92. The second-order valence-electron chi connectivity index (χ2n) is 6.61. The Labute approximate surface area is 198 Å². The average molecular weight is 553 g/mol. The van der Waals surface area contributed by atoms with Crippen molar-refractivity contribution in [1.82, 2.24) is 4.72 Å². The zero-order valence-electron chi connectivity index (χ0n) is 16.9. The van der Waals surface area contributed by atoms with Crippen molar-refractivity contribution in [3.05, 3.63) is 47.3 Å². The number of nitrogens with one attached hydrogen (secondary N) is 1. The molecule has 0 aliphatic rings. The van der Waals surface area contributed by atoms with Crippen LogP contribution in [0.1, 0.15) is 5.56 Å². The molecule has 0 aliphatic heterocycles. The minimum Gasteiger partial charge on any atom is -0.486 e. The van der Waals surface area contributed by atoms with E-state index in [1.807, 2.05) is 10.8 Å². The molecule has 182 valence electrons. The smallest absolute Gasteiger partial charge is 0.391 e. The zero-order chi connectivity index (χ0) is 25.3. The predicted molar refractivity (Wildman–Crippen MR) is 122 cm³/mol. The van der Waals surface area contributed by atoms with Gasteiger partial charge in [0.05, 0.1) is 16.3 Å². The number of fused-ring (bicyclic) bond motifs is 1. The Bertz CT molecular complexity index is 1460. The van der Waals surface area contributed by atoms with Crippen LogP contribution in [0.4, 0.5) is 13.2 Å². The van der Waals surface area contributed by atoms with Gasteiger partial charge in [-0.2, -0.15) is 14.4 Å². The Morgan fingerprint density at radius 2 is 1.94 bits per heavy atom. The molecular weight excluding hydrogens is 537 g/mol. The summed E-state index contributed by atoms with van der Waals surface area (Å²) in [5, 5.41) is 8.66. The summed E-state index contributed by atoms with van der Waals surface area (Å²) < 4.78 is 91.1. The average Bonchev–Trinajstić information content (AvgIpc) is 3.23. The molecule has 9 nitrogen and oxygen atoms in total. The minimum absolute atomic E-state index is 0.0967. The van der Waals surface area contributed by atoms with Gasteiger partial charge in [0.1, 0.15) is 22.9 Å². The number of nitrogens with zero attached hydrogens (tertiary/aromatic N) is 1. The molecule has 2 aromatic carbocycles. The summed E-state index contributed by atoms with van der Waals surface area (Å²) in [6, 6.07) is 6.47. The number of nitriles is 1. The Morgan fingerprint density at radius 3 is 2.56 bits per heavy atom. The highest BCUT2D eigenvalue weighted by atomic mass is 32.2. The molecular formula is C18H16F3N3O6P2S2. The van der Waals surface area contributed by atoms with Crippen LogP contribution in [0, 0.1) is 28.8 Å². The summed E-state index contributed by atoms with van der Waals surface area (Å²) in [6.45, 7) is -0.406. The fourth-order valence-electron chi connectivity index (χ4n) is 2.67.